The molecule has 0 aromatic rings. The van der Waals surface area contributed by atoms with Crippen molar-refractivity contribution >= 4 is 11.8 Å². The molecule has 5 atom stereocenters. The minimum Gasteiger partial charge on any atom is -0.354 e. The Kier molecular flexibility index (Phi) is 9.65. The number of piperidine rings is 2. The van der Waals surface area contributed by atoms with Gasteiger partial charge in [-0.3, -0.25) is 14.5 Å². The highest BCUT2D eigenvalue weighted by atomic mass is 16.2. The molecule has 1 aliphatic carbocycles. The van der Waals surface area contributed by atoms with E-state index in [0.717, 1.165) is 65.0 Å². The van der Waals surface area contributed by atoms with Gasteiger partial charge in [0.1, 0.15) is 0 Å². The Morgan fingerprint density at radius 3 is 2.37 bits per heavy atom. The molecule has 4 rings (SSSR count). The van der Waals surface area contributed by atoms with E-state index in [2.05, 4.69) is 52.6 Å². The molecule has 3 fully saturated rings. The lowest BCUT2D eigenvalue weighted by Crippen LogP contribution is -2.57. The minimum absolute atomic E-state index is 0.0327. The Balaban J connectivity index is 1.28. The maximum Gasteiger partial charge on any atom is 0.237 e. The topological polar surface area (TPSA) is 76.7 Å². The number of amides is 2. The van der Waals surface area contributed by atoms with Gasteiger partial charge in [0.25, 0.3) is 0 Å². The fraction of sp³-hybridized carbons (Fsp3) is 0.857. The van der Waals surface area contributed by atoms with Crippen LogP contribution in [0.15, 0.2) is 11.6 Å². The Hall–Kier alpha value is -1.44. The standard InChI is InChI=1S/C28H49N5O2/c1-20(2)24-17-22(21(3)16-23(24)19-31-28(35)25-8-4-6-10-29-25)18-27(34)33-14-12-32(13-15-33)26-9-5-7-11-30-26/h16,20,22-26,29-30H,4-15,17-19H2,1-3H3,(H,31,35). The van der Waals surface area contributed by atoms with Crippen LogP contribution >= 0.6 is 0 Å². The second kappa shape index (κ2) is 12.7. The molecule has 3 N–H and O–H groups in total. The summed E-state index contributed by atoms with van der Waals surface area (Å²) >= 11 is 0. The van der Waals surface area contributed by atoms with Crippen molar-refractivity contribution in [1.82, 2.24) is 25.8 Å². The van der Waals surface area contributed by atoms with E-state index in [9.17, 15) is 9.59 Å². The predicted octanol–water partition coefficient (Wildman–Crippen LogP) is 2.73. The SMILES string of the molecule is CC1=CC(CNC(=O)C2CCCCN2)C(C(C)C)CC1CC(=O)N1CCN(C2CCCCN2)CC1. The molecular weight excluding hydrogens is 438 g/mol. The predicted molar refractivity (Wildman–Crippen MR) is 141 cm³/mol. The minimum atomic E-state index is -0.0327. The van der Waals surface area contributed by atoms with Crippen LogP contribution in [0, 0.1) is 23.7 Å². The maximum absolute atomic E-state index is 13.2. The highest BCUT2D eigenvalue weighted by Crippen LogP contribution is 2.39. The second-order valence-electron chi connectivity index (χ2n) is 11.7. The molecule has 7 nitrogen and oxygen atoms in total. The lowest BCUT2D eigenvalue weighted by molar-refractivity contribution is -0.134. The van der Waals surface area contributed by atoms with Crippen molar-refractivity contribution in [3.8, 4) is 0 Å². The van der Waals surface area contributed by atoms with Crippen LogP contribution in [0.2, 0.25) is 0 Å². The Morgan fingerprint density at radius 1 is 1.03 bits per heavy atom. The molecule has 198 valence electrons. The van der Waals surface area contributed by atoms with Gasteiger partial charge in [-0.05, 0) is 82.2 Å². The van der Waals surface area contributed by atoms with Crippen molar-refractivity contribution in [3.05, 3.63) is 11.6 Å². The van der Waals surface area contributed by atoms with E-state index < -0.39 is 0 Å². The Bertz CT molecular complexity index is 734. The molecule has 0 aromatic carbocycles. The number of carbonyl (C=O) groups is 2. The van der Waals surface area contributed by atoms with Gasteiger partial charge < -0.3 is 20.9 Å². The molecule has 35 heavy (non-hydrogen) atoms. The lowest BCUT2D eigenvalue weighted by Gasteiger charge is -2.42. The Labute approximate surface area is 212 Å². The highest BCUT2D eigenvalue weighted by molar-refractivity contribution is 5.81. The van der Waals surface area contributed by atoms with E-state index in [4.69, 9.17) is 0 Å². The smallest absolute Gasteiger partial charge is 0.237 e. The van der Waals surface area contributed by atoms with Crippen LogP contribution < -0.4 is 16.0 Å². The normalized spacial score (nSPS) is 32.9. The van der Waals surface area contributed by atoms with Crippen molar-refractivity contribution in [3.63, 3.8) is 0 Å². The van der Waals surface area contributed by atoms with Crippen molar-refractivity contribution in [1.29, 1.82) is 0 Å². The van der Waals surface area contributed by atoms with Crippen LogP contribution in [0.5, 0.6) is 0 Å². The van der Waals surface area contributed by atoms with E-state index in [1.165, 1.54) is 24.8 Å². The number of allylic oxidation sites excluding steroid dienone is 1. The molecule has 5 unspecified atom stereocenters. The van der Waals surface area contributed by atoms with Gasteiger partial charge in [0.05, 0.1) is 12.2 Å². The third-order valence-electron chi connectivity index (χ3n) is 9.04. The first-order valence-corrected chi connectivity index (χ1v) is 14.4. The summed E-state index contributed by atoms with van der Waals surface area (Å²) in [6.45, 7) is 13.2. The summed E-state index contributed by atoms with van der Waals surface area (Å²) in [6.07, 6.45) is 11.6. The Morgan fingerprint density at radius 2 is 1.74 bits per heavy atom. The van der Waals surface area contributed by atoms with Crippen LogP contribution in [0.1, 0.15) is 72.1 Å². The number of rotatable bonds is 7. The van der Waals surface area contributed by atoms with Crippen molar-refractivity contribution in [2.75, 3.05) is 45.8 Å². The first-order valence-electron chi connectivity index (χ1n) is 14.4. The number of piperazine rings is 1. The van der Waals surface area contributed by atoms with Crippen LogP contribution in [0.3, 0.4) is 0 Å². The van der Waals surface area contributed by atoms with Crippen molar-refractivity contribution in [2.24, 2.45) is 23.7 Å². The molecule has 0 spiro atoms. The summed E-state index contributed by atoms with van der Waals surface area (Å²) in [7, 11) is 0. The molecule has 2 amide bonds. The summed E-state index contributed by atoms with van der Waals surface area (Å²) in [4.78, 5) is 30.5. The molecule has 3 saturated heterocycles. The molecular formula is C28H49N5O2. The molecule has 7 heteroatoms. The molecule has 0 bridgehead atoms. The zero-order valence-corrected chi connectivity index (χ0v) is 22.4. The van der Waals surface area contributed by atoms with Gasteiger partial charge >= 0.3 is 0 Å². The van der Waals surface area contributed by atoms with Crippen LogP contribution in [0.25, 0.3) is 0 Å². The van der Waals surface area contributed by atoms with Crippen LogP contribution in [-0.4, -0.2) is 79.6 Å². The summed E-state index contributed by atoms with van der Waals surface area (Å²) in [5.74, 6) is 2.15. The van der Waals surface area contributed by atoms with E-state index >= 15 is 0 Å². The van der Waals surface area contributed by atoms with Gasteiger partial charge in [0.15, 0.2) is 0 Å². The van der Waals surface area contributed by atoms with E-state index in [1.807, 2.05) is 0 Å². The number of hydrogen-bond acceptors (Lipinski definition) is 5. The fourth-order valence-corrected chi connectivity index (χ4v) is 6.69. The first-order chi connectivity index (χ1) is 16.9. The molecule has 3 heterocycles. The molecule has 3 aliphatic heterocycles. The average molecular weight is 488 g/mol. The fourth-order valence-electron chi connectivity index (χ4n) is 6.69. The van der Waals surface area contributed by atoms with Crippen molar-refractivity contribution in [2.45, 2.75) is 84.3 Å². The van der Waals surface area contributed by atoms with Gasteiger partial charge in [-0.15, -0.1) is 0 Å². The third kappa shape index (κ3) is 7.07. The third-order valence-corrected chi connectivity index (χ3v) is 9.04. The summed E-state index contributed by atoms with van der Waals surface area (Å²) in [5, 5.41) is 10.2. The molecule has 0 radical (unpaired) electrons. The molecule has 4 aliphatic rings. The van der Waals surface area contributed by atoms with Gasteiger partial charge in [0, 0.05) is 39.1 Å². The number of carbonyl (C=O) groups excluding carboxylic acids is 2. The van der Waals surface area contributed by atoms with E-state index in [1.54, 1.807) is 0 Å². The first kappa shape index (κ1) is 26.6. The molecule has 0 saturated carbocycles. The maximum atomic E-state index is 13.2. The van der Waals surface area contributed by atoms with Gasteiger partial charge in [-0.25, -0.2) is 0 Å². The second-order valence-corrected chi connectivity index (χ2v) is 11.7. The van der Waals surface area contributed by atoms with Crippen molar-refractivity contribution < 1.29 is 9.59 Å². The summed E-state index contributed by atoms with van der Waals surface area (Å²) in [6, 6.07) is -0.0327. The number of nitrogens with one attached hydrogen (secondary N) is 3. The van der Waals surface area contributed by atoms with Gasteiger partial charge in [0.2, 0.25) is 11.8 Å². The van der Waals surface area contributed by atoms with Crippen LogP contribution in [0.4, 0.5) is 0 Å². The zero-order valence-electron chi connectivity index (χ0n) is 22.4. The molecule has 0 aromatic heterocycles. The zero-order chi connectivity index (χ0) is 24.8. The largest absolute Gasteiger partial charge is 0.354 e. The highest BCUT2D eigenvalue weighted by Gasteiger charge is 2.35. The monoisotopic (exact) mass is 487 g/mol. The average Bonchev–Trinajstić information content (AvgIpc) is 2.89. The van der Waals surface area contributed by atoms with Crippen LogP contribution in [-0.2, 0) is 9.59 Å². The summed E-state index contributed by atoms with van der Waals surface area (Å²) in [5.41, 5.74) is 1.33. The summed E-state index contributed by atoms with van der Waals surface area (Å²) < 4.78 is 0. The number of hydrogen-bond donors (Lipinski definition) is 3. The van der Waals surface area contributed by atoms with E-state index in [-0.39, 0.29) is 11.9 Å². The lowest BCUT2D eigenvalue weighted by atomic mass is 9.69. The number of nitrogens with zero attached hydrogens (tertiary/aromatic N) is 2. The quantitative estimate of drug-likeness (QED) is 0.482. The van der Waals surface area contributed by atoms with E-state index in [0.29, 0.717) is 48.7 Å². The van der Waals surface area contributed by atoms with Gasteiger partial charge in [-0.1, -0.05) is 31.9 Å². The van der Waals surface area contributed by atoms with Gasteiger partial charge in [-0.2, -0.15) is 0 Å².